The average molecular weight is 244 g/mol. The summed E-state index contributed by atoms with van der Waals surface area (Å²) in [4.78, 5) is 0. The highest BCUT2D eigenvalue weighted by Gasteiger charge is 2.36. The van der Waals surface area contributed by atoms with E-state index < -0.39 is 0 Å². The molecular formula is C16H24N2. The summed E-state index contributed by atoms with van der Waals surface area (Å²) in [5, 5.41) is 0. The molecule has 0 fully saturated rings. The Morgan fingerprint density at radius 3 is 2.28 bits per heavy atom. The van der Waals surface area contributed by atoms with Crippen LogP contribution in [-0.4, -0.2) is 6.04 Å². The van der Waals surface area contributed by atoms with Gasteiger partial charge in [0.25, 0.3) is 0 Å². The minimum absolute atomic E-state index is 0.0554. The predicted octanol–water partition coefficient (Wildman–Crippen LogP) is 2.99. The van der Waals surface area contributed by atoms with Crippen LogP contribution in [0.3, 0.4) is 0 Å². The van der Waals surface area contributed by atoms with Crippen LogP contribution in [0.4, 0.5) is 0 Å². The van der Waals surface area contributed by atoms with E-state index in [9.17, 15) is 0 Å². The maximum atomic E-state index is 5.77. The minimum atomic E-state index is 0.0554. The molecule has 1 aromatic rings. The van der Waals surface area contributed by atoms with Crippen LogP contribution < -0.4 is 11.3 Å². The maximum absolute atomic E-state index is 5.77. The molecule has 1 unspecified atom stereocenters. The third-order valence-corrected chi connectivity index (χ3v) is 3.96. The molecule has 0 aliphatic rings. The van der Waals surface area contributed by atoms with Crippen LogP contribution in [0.2, 0.25) is 0 Å². The summed E-state index contributed by atoms with van der Waals surface area (Å²) in [6.45, 7) is 6.32. The first-order chi connectivity index (χ1) is 8.75. The molecule has 0 aromatic heterocycles. The van der Waals surface area contributed by atoms with Gasteiger partial charge in [-0.05, 0) is 25.3 Å². The van der Waals surface area contributed by atoms with E-state index in [0.717, 1.165) is 19.3 Å². The van der Waals surface area contributed by atoms with Crippen molar-refractivity contribution in [3.05, 3.63) is 35.9 Å². The Morgan fingerprint density at radius 2 is 1.83 bits per heavy atom. The predicted molar refractivity (Wildman–Crippen MR) is 77.9 cm³/mol. The Bertz CT molecular complexity index is 396. The van der Waals surface area contributed by atoms with Gasteiger partial charge in [0.05, 0.1) is 0 Å². The zero-order valence-electron chi connectivity index (χ0n) is 11.7. The van der Waals surface area contributed by atoms with Crippen LogP contribution >= 0.6 is 0 Å². The van der Waals surface area contributed by atoms with E-state index >= 15 is 0 Å². The fraction of sp³-hybridized carbons (Fsp3) is 0.500. The second-order valence-electron chi connectivity index (χ2n) is 4.58. The summed E-state index contributed by atoms with van der Waals surface area (Å²) in [6.07, 6.45) is 2.88. The second kappa shape index (κ2) is 7.20. The molecule has 1 aromatic carbocycles. The van der Waals surface area contributed by atoms with Crippen molar-refractivity contribution in [2.45, 2.75) is 51.5 Å². The van der Waals surface area contributed by atoms with Crippen LogP contribution in [0.15, 0.2) is 30.3 Å². The highest BCUT2D eigenvalue weighted by atomic mass is 15.2. The topological polar surface area (TPSA) is 38.0 Å². The fourth-order valence-electron chi connectivity index (χ4n) is 2.74. The van der Waals surface area contributed by atoms with Gasteiger partial charge in [-0.1, -0.05) is 44.2 Å². The van der Waals surface area contributed by atoms with Crippen molar-refractivity contribution in [2.24, 2.45) is 5.84 Å². The van der Waals surface area contributed by atoms with E-state index in [4.69, 9.17) is 5.84 Å². The highest BCUT2D eigenvalue weighted by Crippen LogP contribution is 2.36. The molecule has 0 aliphatic heterocycles. The van der Waals surface area contributed by atoms with Crippen LogP contribution in [0.5, 0.6) is 0 Å². The van der Waals surface area contributed by atoms with Gasteiger partial charge in [-0.3, -0.25) is 11.3 Å². The van der Waals surface area contributed by atoms with Crippen molar-refractivity contribution in [1.29, 1.82) is 0 Å². The van der Waals surface area contributed by atoms with Gasteiger partial charge in [-0.15, -0.1) is 11.8 Å². The van der Waals surface area contributed by atoms with Gasteiger partial charge in [0.15, 0.2) is 0 Å². The normalized spacial score (nSPS) is 12.7. The van der Waals surface area contributed by atoms with Crippen molar-refractivity contribution in [1.82, 2.24) is 5.43 Å². The molecule has 0 heterocycles. The van der Waals surface area contributed by atoms with Gasteiger partial charge in [-0.2, -0.15) is 0 Å². The van der Waals surface area contributed by atoms with Gasteiger partial charge in [0.1, 0.15) is 0 Å². The molecule has 0 spiro atoms. The van der Waals surface area contributed by atoms with E-state index in [1.54, 1.807) is 0 Å². The number of hydrazine groups is 1. The van der Waals surface area contributed by atoms with Crippen molar-refractivity contribution in [2.75, 3.05) is 0 Å². The zero-order chi connectivity index (χ0) is 13.4. The number of nitrogens with one attached hydrogen (secondary N) is 1. The number of rotatable bonds is 6. The van der Waals surface area contributed by atoms with Crippen LogP contribution in [0.25, 0.3) is 0 Å². The second-order valence-corrected chi connectivity index (χ2v) is 4.58. The summed E-state index contributed by atoms with van der Waals surface area (Å²) < 4.78 is 0. The first kappa shape index (κ1) is 14.8. The fourth-order valence-corrected chi connectivity index (χ4v) is 2.74. The van der Waals surface area contributed by atoms with Crippen molar-refractivity contribution in [3.63, 3.8) is 0 Å². The maximum Gasteiger partial charge on any atom is 0.0416 e. The lowest BCUT2D eigenvalue weighted by Crippen LogP contribution is -2.50. The Kier molecular flexibility index (Phi) is 5.91. The van der Waals surface area contributed by atoms with Gasteiger partial charge in [-0.25, -0.2) is 0 Å². The molecule has 2 heteroatoms. The molecular weight excluding hydrogens is 220 g/mol. The summed E-state index contributed by atoms with van der Waals surface area (Å²) in [5.74, 6) is 11.9. The number of hydrogen-bond acceptors (Lipinski definition) is 2. The molecule has 0 aliphatic carbocycles. The molecule has 0 amide bonds. The van der Waals surface area contributed by atoms with Gasteiger partial charge in [0.2, 0.25) is 0 Å². The molecule has 0 radical (unpaired) electrons. The smallest absolute Gasteiger partial charge is 0.0416 e. The number of benzene rings is 1. The first-order valence-electron chi connectivity index (χ1n) is 6.66. The van der Waals surface area contributed by atoms with Crippen molar-refractivity contribution >= 4 is 0 Å². The molecule has 0 saturated carbocycles. The summed E-state index contributed by atoms with van der Waals surface area (Å²) >= 11 is 0. The number of nitrogens with two attached hydrogens (primary N) is 1. The third-order valence-electron chi connectivity index (χ3n) is 3.96. The minimum Gasteiger partial charge on any atom is -0.271 e. The lowest BCUT2D eigenvalue weighted by atomic mass is 9.69. The molecule has 1 rings (SSSR count). The van der Waals surface area contributed by atoms with Crippen molar-refractivity contribution < 1.29 is 0 Å². The number of hydrogen-bond donors (Lipinski definition) is 2. The van der Waals surface area contributed by atoms with E-state index in [0.29, 0.717) is 0 Å². The first-order valence-corrected chi connectivity index (χ1v) is 6.66. The average Bonchev–Trinajstić information content (AvgIpc) is 2.45. The zero-order valence-corrected chi connectivity index (χ0v) is 11.7. The monoisotopic (exact) mass is 244 g/mol. The van der Waals surface area contributed by atoms with Crippen LogP contribution in [-0.2, 0) is 5.41 Å². The quantitative estimate of drug-likeness (QED) is 0.458. The van der Waals surface area contributed by atoms with Crippen molar-refractivity contribution in [3.8, 4) is 11.8 Å². The van der Waals surface area contributed by atoms with E-state index in [2.05, 4.69) is 61.4 Å². The molecule has 0 bridgehead atoms. The van der Waals surface area contributed by atoms with Gasteiger partial charge in [0, 0.05) is 17.9 Å². The Labute approximate surface area is 111 Å². The molecule has 2 nitrogen and oxygen atoms in total. The summed E-state index contributed by atoms with van der Waals surface area (Å²) in [6, 6.07) is 10.8. The van der Waals surface area contributed by atoms with Gasteiger partial charge < -0.3 is 0 Å². The summed E-state index contributed by atoms with van der Waals surface area (Å²) in [7, 11) is 0. The van der Waals surface area contributed by atoms with Crippen LogP contribution in [0.1, 0.15) is 45.6 Å². The molecule has 1 atom stereocenters. The Hall–Kier alpha value is -1.30. The molecule has 98 valence electrons. The van der Waals surface area contributed by atoms with E-state index in [1.807, 2.05) is 6.92 Å². The Morgan fingerprint density at radius 1 is 1.22 bits per heavy atom. The lowest BCUT2D eigenvalue weighted by Gasteiger charge is -2.39. The molecule has 18 heavy (non-hydrogen) atoms. The van der Waals surface area contributed by atoms with E-state index in [1.165, 1.54) is 5.56 Å². The third kappa shape index (κ3) is 2.93. The molecule has 3 N–H and O–H groups in total. The van der Waals surface area contributed by atoms with Gasteiger partial charge >= 0.3 is 0 Å². The molecule has 0 saturated heterocycles. The highest BCUT2D eigenvalue weighted by molar-refractivity contribution is 5.28. The largest absolute Gasteiger partial charge is 0.271 e. The van der Waals surface area contributed by atoms with Crippen LogP contribution in [0, 0.1) is 11.8 Å². The Balaban J connectivity index is 3.15. The standard InChI is InChI=1S/C16H24N2/c1-4-7-13-15(18-17)16(5-2,6-3)14-11-9-8-10-12-14/h8-12,15,18H,5-6,13,17H2,1-3H3. The lowest BCUT2D eigenvalue weighted by molar-refractivity contribution is 0.276. The SMILES string of the molecule is CC#CCC(NN)C(CC)(CC)c1ccccc1. The summed E-state index contributed by atoms with van der Waals surface area (Å²) in [5.41, 5.74) is 4.37. The van der Waals surface area contributed by atoms with E-state index in [-0.39, 0.29) is 11.5 Å².